The molecule has 8 N–H and O–H groups in total. The van der Waals surface area contributed by atoms with Gasteiger partial charge >= 0.3 is 0 Å². The van der Waals surface area contributed by atoms with Crippen molar-refractivity contribution >= 4 is 29.3 Å². The molecule has 86 valence electrons. The van der Waals surface area contributed by atoms with E-state index in [4.69, 9.17) is 34.6 Å². The molecule has 0 spiro atoms. The van der Waals surface area contributed by atoms with Gasteiger partial charge in [-0.1, -0.05) is 0 Å². The summed E-state index contributed by atoms with van der Waals surface area (Å²) < 4.78 is 0. The van der Waals surface area contributed by atoms with Crippen LogP contribution in [0.15, 0.2) is 6.20 Å². The van der Waals surface area contributed by atoms with Crippen molar-refractivity contribution in [1.82, 2.24) is 30.1 Å². The number of aromatic nitrogens is 6. The van der Waals surface area contributed by atoms with Crippen molar-refractivity contribution in [3.63, 3.8) is 0 Å². The average Bonchev–Trinajstić information content (AvgIpc) is 2.48. The molecule has 0 aliphatic heterocycles. The minimum absolute atomic E-state index is 0.0139. The molecule has 0 aliphatic rings. The molecule has 0 aliphatic carbocycles. The van der Waals surface area contributed by atoms with E-state index < -0.39 is 0 Å². The summed E-state index contributed by atoms with van der Waals surface area (Å²) in [5, 5.41) is 6.73. The van der Waals surface area contributed by atoms with Gasteiger partial charge < -0.3 is 23.0 Å². The van der Waals surface area contributed by atoms with E-state index in [0.717, 1.165) is 4.79 Å². The highest BCUT2D eigenvalue weighted by Gasteiger charge is 1.95. The molecule has 0 saturated carbocycles. The van der Waals surface area contributed by atoms with E-state index in [0.29, 0.717) is 5.82 Å². The molecule has 0 radical (unpaired) electrons. The second kappa shape index (κ2) is 4.93. The number of nitrogens with two attached hydrogens (primary N) is 4. The van der Waals surface area contributed by atoms with Gasteiger partial charge in [-0.2, -0.15) is 19.7 Å². The van der Waals surface area contributed by atoms with E-state index in [1.165, 1.54) is 6.20 Å². The van der Waals surface area contributed by atoms with E-state index >= 15 is 0 Å². The van der Waals surface area contributed by atoms with Crippen LogP contribution in [-0.2, 0) is 0 Å². The van der Waals surface area contributed by atoms with Crippen molar-refractivity contribution < 1.29 is 0 Å². The van der Waals surface area contributed by atoms with Crippen LogP contribution in [0.1, 0.15) is 0 Å². The lowest BCUT2D eigenvalue weighted by Crippen LogP contribution is -2.07. The Bertz CT molecular complexity index is 399. The second-order valence-electron chi connectivity index (χ2n) is 2.44. The summed E-state index contributed by atoms with van der Waals surface area (Å²) in [7, 11) is 0. The number of anilines is 3. The molecule has 16 heavy (non-hydrogen) atoms. The summed E-state index contributed by atoms with van der Waals surface area (Å²) in [4.78, 5) is 11.5. The fourth-order valence-electron chi connectivity index (χ4n) is 0.672. The number of nitrogens with zero attached hydrogens (tertiary/aromatic N) is 6. The zero-order chi connectivity index (χ0) is 12.1. The SMILES string of the molecule is Nc1cn(N)nn1.Nc1nc(N)nc(Cl)n1. The molecule has 2 aromatic rings. The molecule has 0 fully saturated rings. The second-order valence-corrected chi connectivity index (χ2v) is 2.78. The maximum Gasteiger partial charge on any atom is 0.228 e. The molecular weight excluding hydrogens is 236 g/mol. The van der Waals surface area contributed by atoms with Crippen LogP contribution in [0.5, 0.6) is 0 Å². The van der Waals surface area contributed by atoms with Crippen LogP contribution < -0.4 is 23.0 Å². The highest BCUT2D eigenvalue weighted by Crippen LogP contribution is 2.02. The molecule has 0 atom stereocenters. The molecule has 0 unspecified atom stereocenters. The molecule has 0 bridgehead atoms. The van der Waals surface area contributed by atoms with Gasteiger partial charge in [0.1, 0.15) is 0 Å². The number of rotatable bonds is 0. The van der Waals surface area contributed by atoms with Gasteiger partial charge in [0.25, 0.3) is 0 Å². The quantitative estimate of drug-likeness (QED) is 0.392. The Morgan fingerprint density at radius 3 is 1.88 bits per heavy atom. The predicted octanol–water partition coefficient (Wildman–Crippen LogP) is -1.74. The first-order valence-corrected chi connectivity index (χ1v) is 4.20. The van der Waals surface area contributed by atoms with Crippen LogP contribution in [0.4, 0.5) is 17.7 Å². The van der Waals surface area contributed by atoms with Crippen LogP contribution >= 0.6 is 11.6 Å². The minimum atomic E-state index is 0.0139. The van der Waals surface area contributed by atoms with Crippen LogP contribution in [0.25, 0.3) is 0 Å². The number of nitrogen functional groups attached to an aromatic ring is 4. The number of hydrogen-bond donors (Lipinski definition) is 4. The molecule has 2 rings (SSSR count). The van der Waals surface area contributed by atoms with Gasteiger partial charge in [-0.05, 0) is 16.8 Å². The Morgan fingerprint density at radius 1 is 1.06 bits per heavy atom. The van der Waals surface area contributed by atoms with Crippen LogP contribution in [0.2, 0.25) is 5.28 Å². The third-order valence-electron chi connectivity index (χ3n) is 1.17. The largest absolute Gasteiger partial charge is 0.381 e. The van der Waals surface area contributed by atoms with Crippen LogP contribution in [0, 0.1) is 0 Å². The van der Waals surface area contributed by atoms with E-state index in [2.05, 4.69) is 25.3 Å². The first kappa shape index (κ1) is 11.7. The summed E-state index contributed by atoms with van der Waals surface area (Å²) >= 11 is 5.33. The summed E-state index contributed by atoms with van der Waals surface area (Å²) in [6.07, 6.45) is 1.42. The predicted molar refractivity (Wildman–Crippen MR) is 58.2 cm³/mol. The van der Waals surface area contributed by atoms with E-state index in [1.54, 1.807) is 0 Å². The van der Waals surface area contributed by atoms with Crippen molar-refractivity contribution in [2.24, 2.45) is 0 Å². The number of hydrogen-bond acceptors (Lipinski definition) is 9. The summed E-state index contributed by atoms with van der Waals surface area (Å²) in [5.74, 6) is 5.45. The average molecular weight is 245 g/mol. The van der Waals surface area contributed by atoms with Gasteiger partial charge in [-0.3, -0.25) is 0 Å². The van der Waals surface area contributed by atoms with E-state index in [9.17, 15) is 0 Å². The van der Waals surface area contributed by atoms with Gasteiger partial charge in [-0.15, -0.1) is 5.10 Å². The van der Waals surface area contributed by atoms with Gasteiger partial charge in [0.2, 0.25) is 17.2 Å². The summed E-state index contributed by atoms with van der Waals surface area (Å²) in [6, 6.07) is 0. The molecule has 0 saturated heterocycles. The topological polar surface area (TPSA) is 173 Å². The molecule has 0 amide bonds. The Morgan fingerprint density at radius 2 is 1.62 bits per heavy atom. The Labute approximate surface area is 94.6 Å². The third-order valence-corrected chi connectivity index (χ3v) is 1.34. The first-order chi connectivity index (χ1) is 7.47. The van der Waals surface area contributed by atoms with Crippen molar-refractivity contribution in [3.8, 4) is 0 Å². The Balaban J connectivity index is 0.000000165. The molecule has 10 nitrogen and oxygen atoms in total. The highest BCUT2D eigenvalue weighted by molar-refractivity contribution is 6.28. The fraction of sp³-hybridized carbons (Fsp3) is 0. The normalized spacial score (nSPS) is 9.31. The molecular formula is C5H9ClN10. The lowest BCUT2D eigenvalue weighted by molar-refractivity contribution is 0.766. The number of halogens is 1. The van der Waals surface area contributed by atoms with Crippen molar-refractivity contribution in [2.45, 2.75) is 0 Å². The van der Waals surface area contributed by atoms with Gasteiger partial charge in [0, 0.05) is 0 Å². The third kappa shape index (κ3) is 3.79. The maximum absolute atomic E-state index is 5.33. The summed E-state index contributed by atoms with van der Waals surface area (Å²) in [5.41, 5.74) is 15.4. The monoisotopic (exact) mass is 244 g/mol. The molecule has 0 aromatic carbocycles. The standard InChI is InChI=1S/C3H4ClN5.C2H5N5/c4-1-7-2(5)9-3(6)8-1;3-2-1-7(4)6-5-2/h(H4,5,6,7,8,9);1H,3-4H2. The van der Waals surface area contributed by atoms with Gasteiger partial charge in [-0.25, -0.2) is 0 Å². The lowest BCUT2D eigenvalue weighted by Gasteiger charge is -1.92. The van der Waals surface area contributed by atoms with Crippen molar-refractivity contribution in [2.75, 3.05) is 23.0 Å². The summed E-state index contributed by atoms with van der Waals surface area (Å²) in [6.45, 7) is 0. The first-order valence-electron chi connectivity index (χ1n) is 3.83. The lowest BCUT2D eigenvalue weighted by atomic mass is 10.8. The van der Waals surface area contributed by atoms with E-state index in [-0.39, 0.29) is 17.2 Å². The zero-order valence-electron chi connectivity index (χ0n) is 7.95. The minimum Gasteiger partial charge on any atom is -0.381 e. The van der Waals surface area contributed by atoms with Gasteiger partial charge in [0.05, 0.1) is 6.20 Å². The van der Waals surface area contributed by atoms with Crippen molar-refractivity contribution in [1.29, 1.82) is 0 Å². The fourth-order valence-corrected chi connectivity index (χ4v) is 0.845. The highest BCUT2D eigenvalue weighted by atomic mass is 35.5. The maximum atomic E-state index is 5.33. The Hall–Kier alpha value is -2.36. The van der Waals surface area contributed by atoms with Crippen LogP contribution in [-0.4, -0.2) is 30.1 Å². The molecule has 2 heterocycles. The molecule has 11 heteroatoms. The van der Waals surface area contributed by atoms with E-state index in [1.807, 2.05) is 0 Å². The van der Waals surface area contributed by atoms with Gasteiger partial charge in [0.15, 0.2) is 5.82 Å². The Kier molecular flexibility index (Phi) is 3.61. The smallest absolute Gasteiger partial charge is 0.228 e. The zero-order valence-corrected chi connectivity index (χ0v) is 8.70. The van der Waals surface area contributed by atoms with Crippen LogP contribution in [0.3, 0.4) is 0 Å². The molecule has 2 aromatic heterocycles. The van der Waals surface area contributed by atoms with Crippen molar-refractivity contribution in [3.05, 3.63) is 11.5 Å².